The molecule has 0 aliphatic carbocycles. The summed E-state index contributed by atoms with van der Waals surface area (Å²) < 4.78 is 1.37. The van der Waals surface area contributed by atoms with E-state index in [1.54, 1.807) is 0 Å². The molecule has 108 valence electrons. The van der Waals surface area contributed by atoms with Gasteiger partial charge >= 0.3 is 0 Å². The minimum atomic E-state index is 0.937. The van der Waals surface area contributed by atoms with Gasteiger partial charge in [0.1, 0.15) is 0 Å². The van der Waals surface area contributed by atoms with E-state index in [0.29, 0.717) is 0 Å². The molecule has 1 N–H and O–H groups in total. The van der Waals surface area contributed by atoms with Crippen LogP contribution in [0.5, 0.6) is 0 Å². The molecule has 0 amide bonds. The van der Waals surface area contributed by atoms with Crippen molar-refractivity contribution in [3.05, 3.63) is 65.5 Å². The molecule has 0 spiro atoms. The third-order valence-corrected chi connectivity index (χ3v) is 4.71. The van der Waals surface area contributed by atoms with Crippen molar-refractivity contribution in [1.82, 2.24) is 5.32 Å². The Bertz CT molecular complexity index is 691. The lowest BCUT2D eigenvalue weighted by Crippen LogP contribution is -2.28. The molecule has 0 aliphatic rings. The van der Waals surface area contributed by atoms with Crippen molar-refractivity contribution in [3.63, 3.8) is 0 Å². The molecule has 0 radical (unpaired) electrons. The van der Waals surface area contributed by atoms with Crippen LogP contribution in [-0.4, -0.2) is 20.1 Å². The number of para-hydroxylation sites is 1. The zero-order valence-corrected chi connectivity index (χ0v) is 13.1. The Balaban J connectivity index is 1.50. The van der Waals surface area contributed by atoms with E-state index in [4.69, 9.17) is 0 Å². The van der Waals surface area contributed by atoms with Gasteiger partial charge in [0.15, 0.2) is 0 Å². The second kappa shape index (κ2) is 6.74. The molecule has 3 aromatic rings. The maximum Gasteiger partial charge on any atom is 0.0364 e. The van der Waals surface area contributed by atoms with Crippen LogP contribution < -0.4 is 10.2 Å². The van der Waals surface area contributed by atoms with Crippen molar-refractivity contribution in [2.24, 2.45) is 0 Å². The lowest BCUT2D eigenvalue weighted by atomic mass is 10.2. The standard InChI is InChI=1S/C18H20N2S/c1-20(16-7-3-2-4-8-16)12-11-19-13-15-14-21-18-10-6-5-9-17(15)18/h2-10,14,19H,11-13H2,1H3. The molecule has 0 unspecified atom stereocenters. The Morgan fingerprint density at radius 3 is 2.62 bits per heavy atom. The Kier molecular flexibility index (Phi) is 4.53. The fourth-order valence-corrected chi connectivity index (χ4v) is 3.41. The quantitative estimate of drug-likeness (QED) is 0.688. The van der Waals surface area contributed by atoms with Gasteiger partial charge in [0.25, 0.3) is 0 Å². The normalized spacial score (nSPS) is 10.9. The minimum Gasteiger partial charge on any atom is -0.373 e. The summed E-state index contributed by atoms with van der Waals surface area (Å²) in [5.41, 5.74) is 2.67. The van der Waals surface area contributed by atoms with E-state index in [1.165, 1.54) is 21.3 Å². The van der Waals surface area contributed by atoms with Gasteiger partial charge in [-0.1, -0.05) is 36.4 Å². The van der Waals surface area contributed by atoms with Crippen LogP contribution in [0.4, 0.5) is 5.69 Å². The molecular formula is C18H20N2S. The van der Waals surface area contributed by atoms with Crippen molar-refractivity contribution in [1.29, 1.82) is 0 Å². The molecule has 21 heavy (non-hydrogen) atoms. The molecule has 0 bridgehead atoms. The first-order valence-electron chi connectivity index (χ1n) is 7.26. The van der Waals surface area contributed by atoms with Gasteiger partial charge < -0.3 is 10.2 Å². The molecule has 0 aliphatic heterocycles. The largest absolute Gasteiger partial charge is 0.373 e. The van der Waals surface area contributed by atoms with Crippen LogP contribution in [0.3, 0.4) is 0 Å². The third-order valence-electron chi connectivity index (χ3n) is 3.70. The summed E-state index contributed by atoms with van der Waals surface area (Å²) in [5, 5.41) is 7.19. The summed E-state index contributed by atoms with van der Waals surface area (Å²) in [4.78, 5) is 2.28. The summed E-state index contributed by atoms with van der Waals surface area (Å²) in [6.45, 7) is 2.92. The number of hydrogen-bond acceptors (Lipinski definition) is 3. The van der Waals surface area contributed by atoms with Crippen LogP contribution in [-0.2, 0) is 6.54 Å². The molecule has 1 heterocycles. The van der Waals surface area contributed by atoms with Crippen molar-refractivity contribution in [2.75, 3.05) is 25.0 Å². The van der Waals surface area contributed by atoms with Crippen molar-refractivity contribution in [3.8, 4) is 0 Å². The minimum absolute atomic E-state index is 0.937. The van der Waals surface area contributed by atoms with E-state index in [2.05, 4.69) is 77.2 Å². The highest BCUT2D eigenvalue weighted by atomic mass is 32.1. The SMILES string of the molecule is CN(CCNCc1csc2ccccc12)c1ccccc1. The molecule has 0 atom stereocenters. The van der Waals surface area contributed by atoms with E-state index in [-0.39, 0.29) is 0 Å². The second-order valence-corrected chi connectivity index (χ2v) is 6.10. The van der Waals surface area contributed by atoms with Gasteiger partial charge in [0.2, 0.25) is 0 Å². The molecule has 3 rings (SSSR count). The van der Waals surface area contributed by atoms with Gasteiger partial charge in [-0.2, -0.15) is 0 Å². The number of anilines is 1. The highest BCUT2D eigenvalue weighted by Gasteiger charge is 2.03. The smallest absolute Gasteiger partial charge is 0.0364 e. The fraction of sp³-hybridized carbons (Fsp3) is 0.222. The molecule has 2 aromatic carbocycles. The number of likely N-dealkylation sites (N-methyl/N-ethyl adjacent to an activating group) is 1. The monoisotopic (exact) mass is 296 g/mol. The molecule has 3 heteroatoms. The van der Waals surface area contributed by atoms with Crippen molar-refractivity contribution >= 4 is 27.1 Å². The highest BCUT2D eigenvalue weighted by Crippen LogP contribution is 2.25. The first-order valence-corrected chi connectivity index (χ1v) is 8.14. The number of hydrogen-bond donors (Lipinski definition) is 1. The summed E-state index contributed by atoms with van der Waals surface area (Å²) in [7, 11) is 2.14. The molecule has 2 nitrogen and oxygen atoms in total. The van der Waals surface area contributed by atoms with Crippen molar-refractivity contribution < 1.29 is 0 Å². The average molecular weight is 296 g/mol. The Labute approximate surface area is 130 Å². The number of nitrogens with one attached hydrogen (secondary N) is 1. The molecular weight excluding hydrogens is 276 g/mol. The van der Waals surface area contributed by atoms with E-state index in [0.717, 1.165) is 19.6 Å². The zero-order chi connectivity index (χ0) is 14.5. The average Bonchev–Trinajstić information content (AvgIpc) is 2.95. The molecule has 0 saturated heterocycles. The van der Waals surface area contributed by atoms with Gasteiger partial charge in [-0.15, -0.1) is 11.3 Å². The van der Waals surface area contributed by atoms with Crippen LogP contribution in [0.2, 0.25) is 0 Å². The van der Waals surface area contributed by atoms with Crippen LogP contribution in [0, 0.1) is 0 Å². The van der Waals surface area contributed by atoms with Crippen LogP contribution >= 0.6 is 11.3 Å². The first kappa shape index (κ1) is 14.1. The maximum absolute atomic E-state index is 3.55. The van der Waals surface area contributed by atoms with Crippen LogP contribution in [0.15, 0.2) is 60.0 Å². The van der Waals surface area contributed by atoms with E-state index >= 15 is 0 Å². The Morgan fingerprint density at radius 1 is 1.00 bits per heavy atom. The maximum atomic E-state index is 3.55. The fourth-order valence-electron chi connectivity index (χ4n) is 2.45. The summed E-state index contributed by atoms with van der Waals surface area (Å²) in [6.07, 6.45) is 0. The van der Waals surface area contributed by atoms with E-state index in [1.807, 2.05) is 11.3 Å². The summed E-state index contributed by atoms with van der Waals surface area (Å²) in [5.74, 6) is 0. The van der Waals surface area contributed by atoms with E-state index < -0.39 is 0 Å². The molecule has 0 saturated carbocycles. The third kappa shape index (κ3) is 3.43. The van der Waals surface area contributed by atoms with E-state index in [9.17, 15) is 0 Å². The lowest BCUT2D eigenvalue weighted by molar-refractivity contribution is 0.683. The predicted molar refractivity (Wildman–Crippen MR) is 93.2 cm³/mol. The highest BCUT2D eigenvalue weighted by molar-refractivity contribution is 7.17. The lowest BCUT2D eigenvalue weighted by Gasteiger charge is -2.19. The van der Waals surface area contributed by atoms with Gasteiger partial charge in [-0.25, -0.2) is 0 Å². The number of fused-ring (bicyclic) bond motifs is 1. The number of benzene rings is 2. The Hall–Kier alpha value is -1.84. The zero-order valence-electron chi connectivity index (χ0n) is 12.3. The number of nitrogens with zero attached hydrogens (tertiary/aromatic N) is 1. The first-order chi connectivity index (χ1) is 10.3. The van der Waals surface area contributed by atoms with Gasteiger partial charge in [0, 0.05) is 37.1 Å². The molecule has 1 aromatic heterocycles. The van der Waals surface area contributed by atoms with Crippen LogP contribution in [0.1, 0.15) is 5.56 Å². The summed E-state index contributed by atoms with van der Waals surface area (Å²) in [6, 6.07) is 19.1. The predicted octanol–water partition coefficient (Wildman–Crippen LogP) is 4.13. The topological polar surface area (TPSA) is 15.3 Å². The summed E-state index contributed by atoms with van der Waals surface area (Å²) >= 11 is 1.82. The van der Waals surface area contributed by atoms with Gasteiger partial charge in [-0.3, -0.25) is 0 Å². The number of rotatable bonds is 6. The van der Waals surface area contributed by atoms with Crippen molar-refractivity contribution in [2.45, 2.75) is 6.54 Å². The number of thiophene rings is 1. The van der Waals surface area contributed by atoms with Crippen LogP contribution in [0.25, 0.3) is 10.1 Å². The Morgan fingerprint density at radius 2 is 1.76 bits per heavy atom. The van der Waals surface area contributed by atoms with Gasteiger partial charge in [0.05, 0.1) is 0 Å². The van der Waals surface area contributed by atoms with Gasteiger partial charge in [-0.05, 0) is 34.5 Å². The second-order valence-electron chi connectivity index (χ2n) is 5.19. The molecule has 0 fully saturated rings.